The van der Waals surface area contributed by atoms with Crippen LogP contribution in [-0.2, 0) is 32.0 Å². The van der Waals surface area contributed by atoms with Crippen LogP contribution in [0.5, 0.6) is 0 Å². The number of carboxylic acid groups (broad SMARTS) is 1. The number of aryl methyl sites for hydroxylation is 1. The average Bonchev–Trinajstić information content (AvgIpc) is 3.34. The predicted molar refractivity (Wildman–Crippen MR) is 159 cm³/mol. The number of halogens is 2. The maximum atomic E-state index is 13.5. The van der Waals surface area contributed by atoms with Gasteiger partial charge in [0.2, 0.25) is 0 Å². The van der Waals surface area contributed by atoms with Crippen molar-refractivity contribution in [2.75, 3.05) is 19.1 Å². The van der Waals surface area contributed by atoms with E-state index in [0.29, 0.717) is 23.7 Å². The van der Waals surface area contributed by atoms with Gasteiger partial charge >= 0.3 is 5.97 Å². The highest BCUT2D eigenvalue weighted by atomic mass is 35.5. The summed E-state index contributed by atoms with van der Waals surface area (Å²) in [4.78, 5) is 28.1. The summed E-state index contributed by atoms with van der Waals surface area (Å²) in [5, 5.41) is 13.9. The number of fused-ring (bicyclic) bond motifs is 1. The van der Waals surface area contributed by atoms with Gasteiger partial charge in [-0.25, -0.2) is 13.2 Å². The molecular formula is C28H27Cl2N2O6PS. The monoisotopic (exact) mass is 620 g/mol. The molecule has 0 saturated heterocycles. The molecule has 2 atom stereocenters. The van der Waals surface area contributed by atoms with E-state index in [1.54, 1.807) is 24.9 Å². The van der Waals surface area contributed by atoms with Crippen LogP contribution in [-0.4, -0.2) is 55.5 Å². The van der Waals surface area contributed by atoms with Crippen LogP contribution in [0.15, 0.2) is 71.8 Å². The Bertz CT molecular complexity index is 1750. The molecule has 0 bridgehead atoms. The number of H-pyrrole nitrogens is 1. The van der Waals surface area contributed by atoms with Crippen molar-refractivity contribution < 1.29 is 27.7 Å². The van der Waals surface area contributed by atoms with Gasteiger partial charge < -0.3 is 20.0 Å². The van der Waals surface area contributed by atoms with E-state index < -0.39 is 34.9 Å². The van der Waals surface area contributed by atoms with E-state index in [9.17, 15) is 27.7 Å². The molecule has 40 heavy (non-hydrogen) atoms. The van der Waals surface area contributed by atoms with Gasteiger partial charge in [0.05, 0.1) is 20.5 Å². The number of carbonyl (C=O) groups is 2. The van der Waals surface area contributed by atoms with Gasteiger partial charge in [0.25, 0.3) is 5.91 Å². The minimum atomic E-state index is -3.49. The minimum Gasteiger partial charge on any atom is -0.480 e. The van der Waals surface area contributed by atoms with E-state index in [1.807, 2.05) is 30.5 Å². The van der Waals surface area contributed by atoms with Crippen LogP contribution in [0.25, 0.3) is 10.9 Å². The number of hydrogen-bond donors (Lipinski definition) is 3. The van der Waals surface area contributed by atoms with Crippen LogP contribution in [0, 0.1) is 0 Å². The molecule has 0 aliphatic carbocycles. The van der Waals surface area contributed by atoms with Crippen molar-refractivity contribution in [1.29, 1.82) is 0 Å². The molecule has 12 heteroatoms. The van der Waals surface area contributed by atoms with E-state index in [-0.39, 0.29) is 26.9 Å². The first-order valence-electron chi connectivity index (χ1n) is 12.2. The molecule has 1 heterocycles. The SMILES string of the molecule is CP(=O)(CCc1cc(Cl)c(C(=O)N[C@@H](Cc2cccc(S(C)(=O)=O)c2)C(=O)O)c(Cl)c1)c1ccc2[nH]ccc2c1. The number of carboxylic acids is 1. The fourth-order valence-electron chi connectivity index (χ4n) is 4.36. The topological polar surface area (TPSA) is 133 Å². The van der Waals surface area contributed by atoms with E-state index in [2.05, 4.69) is 10.3 Å². The number of aromatic amines is 1. The zero-order valence-electron chi connectivity index (χ0n) is 21.6. The Kier molecular flexibility index (Phi) is 8.80. The summed E-state index contributed by atoms with van der Waals surface area (Å²) in [7, 11) is -6.20. The third kappa shape index (κ3) is 6.96. The summed E-state index contributed by atoms with van der Waals surface area (Å²) >= 11 is 12.8. The lowest BCUT2D eigenvalue weighted by Crippen LogP contribution is -2.42. The Balaban J connectivity index is 1.48. The number of aromatic nitrogens is 1. The zero-order chi connectivity index (χ0) is 29.2. The number of carbonyl (C=O) groups excluding carboxylic acids is 1. The molecule has 1 unspecified atom stereocenters. The molecule has 0 saturated carbocycles. The highest BCUT2D eigenvalue weighted by molar-refractivity contribution is 7.90. The van der Waals surface area contributed by atoms with Crippen LogP contribution < -0.4 is 10.6 Å². The Morgan fingerprint density at radius 2 is 1.73 bits per heavy atom. The van der Waals surface area contributed by atoms with Crippen molar-refractivity contribution in [2.45, 2.75) is 23.8 Å². The number of benzene rings is 3. The molecule has 1 aromatic heterocycles. The van der Waals surface area contributed by atoms with Gasteiger partial charge in [-0.2, -0.15) is 0 Å². The van der Waals surface area contributed by atoms with Crippen molar-refractivity contribution in [3.8, 4) is 0 Å². The third-order valence-corrected chi connectivity index (χ3v) is 10.8. The largest absolute Gasteiger partial charge is 0.480 e. The molecule has 4 rings (SSSR count). The summed E-state index contributed by atoms with van der Waals surface area (Å²) in [6, 6.07) is 15.2. The second-order valence-corrected chi connectivity index (χ2v) is 15.7. The maximum absolute atomic E-state index is 13.5. The Labute approximate surface area is 242 Å². The lowest BCUT2D eigenvalue weighted by Gasteiger charge is -2.17. The highest BCUT2D eigenvalue weighted by Gasteiger charge is 2.25. The number of amides is 1. The quantitative estimate of drug-likeness (QED) is 0.210. The van der Waals surface area contributed by atoms with Crippen molar-refractivity contribution in [2.24, 2.45) is 0 Å². The van der Waals surface area contributed by atoms with Crippen molar-refractivity contribution in [1.82, 2.24) is 10.3 Å². The first kappa shape index (κ1) is 29.9. The van der Waals surface area contributed by atoms with E-state index in [1.165, 1.54) is 18.2 Å². The van der Waals surface area contributed by atoms with Crippen LogP contribution in [0.3, 0.4) is 0 Å². The fourth-order valence-corrected chi connectivity index (χ4v) is 7.50. The van der Waals surface area contributed by atoms with E-state index in [4.69, 9.17) is 23.2 Å². The molecule has 0 aliphatic rings. The number of hydrogen-bond acceptors (Lipinski definition) is 5. The summed E-state index contributed by atoms with van der Waals surface area (Å²) in [6.45, 7) is 1.73. The fraction of sp³-hybridized carbons (Fsp3) is 0.214. The third-order valence-electron chi connectivity index (χ3n) is 6.61. The van der Waals surface area contributed by atoms with Crippen LogP contribution in [0.4, 0.5) is 0 Å². The molecule has 0 spiro atoms. The normalized spacial score (nSPS) is 14.0. The molecule has 0 radical (unpaired) electrons. The summed E-state index contributed by atoms with van der Waals surface area (Å²) in [6.07, 6.45) is 3.48. The summed E-state index contributed by atoms with van der Waals surface area (Å²) in [5.41, 5.74) is 1.98. The highest BCUT2D eigenvalue weighted by Crippen LogP contribution is 2.41. The molecular weight excluding hydrogens is 594 g/mol. The van der Waals surface area contributed by atoms with Crippen LogP contribution >= 0.6 is 30.3 Å². The summed E-state index contributed by atoms with van der Waals surface area (Å²) in [5.74, 6) is -2.09. The van der Waals surface area contributed by atoms with E-state index in [0.717, 1.165) is 22.5 Å². The molecule has 0 aliphatic heterocycles. The molecule has 3 N–H and O–H groups in total. The molecule has 8 nitrogen and oxygen atoms in total. The number of nitrogens with one attached hydrogen (secondary N) is 2. The molecule has 0 fully saturated rings. The zero-order valence-corrected chi connectivity index (χ0v) is 24.9. The van der Waals surface area contributed by atoms with E-state index >= 15 is 0 Å². The van der Waals surface area contributed by atoms with Crippen molar-refractivity contribution in [3.05, 3.63) is 93.6 Å². The molecule has 1 amide bonds. The Morgan fingerprint density at radius 1 is 1.02 bits per heavy atom. The van der Waals surface area contributed by atoms with Gasteiger partial charge in [-0.15, -0.1) is 0 Å². The minimum absolute atomic E-state index is 0.0305. The number of rotatable bonds is 10. The molecule has 3 aromatic carbocycles. The van der Waals surface area contributed by atoms with Crippen LogP contribution in [0.2, 0.25) is 10.0 Å². The van der Waals surface area contributed by atoms with Gasteiger partial charge in [0.15, 0.2) is 9.84 Å². The first-order chi connectivity index (χ1) is 18.7. The summed E-state index contributed by atoms with van der Waals surface area (Å²) < 4.78 is 37.2. The van der Waals surface area contributed by atoms with Crippen LogP contribution in [0.1, 0.15) is 21.5 Å². The average molecular weight is 621 g/mol. The molecule has 4 aromatic rings. The van der Waals surface area contributed by atoms with Gasteiger partial charge in [-0.05, 0) is 72.7 Å². The van der Waals surface area contributed by atoms with Gasteiger partial charge in [0.1, 0.15) is 13.2 Å². The second kappa shape index (κ2) is 11.8. The molecule has 210 valence electrons. The number of sulfone groups is 1. The van der Waals surface area contributed by atoms with Crippen molar-refractivity contribution >= 4 is 68.3 Å². The van der Waals surface area contributed by atoms with Crippen molar-refractivity contribution in [3.63, 3.8) is 0 Å². The standard InChI is InChI=1S/C28H27Cl2N2O6PS/c1-39(36,20-6-7-24-19(16-20)8-10-31-24)11-9-18-13-22(29)26(23(30)14-18)27(33)32-25(28(34)35)15-17-4-3-5-21(12-17)40(2,37)38/h3-8,10,12-14,16,25,31H,9,11,15H2,1-2H3,(H,32,33)(H,34,35)/t25-,39?/m0/s1. The lowest BCUT2D eigenvalue weighted by atomic mass is 10.0. The van der Waals surface area contributed by atoms with Gasteiger partial charge in [0, 0.05) is 41.2 Å². The maximum Gasteiger partial charge on any atom is 0.326 e. The second-order valence-electron chi connectivity index (χ2n) is 9.75. The first-order valence-corrected chi connectivity index (χ1v) is 17.2. The predicted octanol–water partition coefficient (Wildman–Crippen LogP) is 5.16. The Morgan fingerprint density at radius 3 is 2.38 bits per heavy atom. The van der Waals surface area contributed by atoms with Gasteiger partial charge in [-0.1, -0.05) is 35.3 Å². The lowest BCUT2D eigenvalue weighted by molar-refractivity contribution is -0.139. The Hall–Kier alpha value is -3.10. The smallest absolute Gasteiger partial charge is 0.326 e. The number of aliphatic carboxylic acids is 1. The van der Waals surface area contributed by atoms with Gasteiger partial charge in [-0.3, -0.25) is 4.79 Å².